The second kappa shape index (κ2) is 5.92. The Morgan fingerprint density at radius 1 is 1.12 bits per heavy atom. The van der Waals surface area contributed by atoms with E-state index < -0.39 is 6.04 Å². The van der Waals surface area contributed by atoms with Gasteiger partial charge in [0.15, 0.2) is 0 Å². The number of thioether (sulfide) groups is 1. The zero-order valence-electron chi connectivity index (χ0n) is 14.2. The number of hydrogen-bond donors (Lipinski definition) is 1. The van der Waals surface area contributed by atoms with E-state index in [2.05, 4.69) is 5.32 Å². The molecule has 0 bridgehead atoms. The van der Waals surface area contributed by atoms with Crippen molar-refractivity contribution < 1.29 is 9.59 Å². The maximum atomic E-state index is 13.0. The summed E-state index contributed by atoms with van der Waals surface area (Å²) in [5.41, 5.74) is 2.78. The Morgan fingerprint density at radius 3 is 2.56 bits per heavy atom. The summed E-state index contributed by atoms with van der Waals surface area (Å²) in [6.45, 7) is 4.55. The highest BCUT2D eigenvalue weighted by molar-refractivity contribution is 8.01. The van der Waals surface area contributed by atoms with Gasteiger partial charge in [0.2, 0.25) is 5.91 Å². The minimum atomic E-state index is -0.480. The van der Waals surface area contributed by atoms with Crippen LogP contribution in [0.4, 0.5) is 0 Å². The van der Waals surface area contributed by atoms with E-state index in [-0.39, 0.29) is 21.9 Å². The summed E-state index contributed by atoms with van der Waals surface area (Å²) in [6.07, 6.45) is 0. The molecule has 1 saturated heterocycles. The second-order valence-electron chi connectivity index (χ2n) is 6.98. The minimum absolute atomic E-state index is 0.0430. The van der Waals surface area contributed by atoms with Crippen molar-refractivity contribution in [3.8, 4) is 0 Å². The highest BCUT2D eigenvalue weighted by Crippen LogP contribution is 2.56. The second-order valence-corrected chi connectivity index (χ2v) is 8.71. The number of carbonyl (C=O) groups excluding carboxylic acids is 2. The van der Waals surface area contributed by atoms with Gasteiger partial charge in [-0.25, -0.2) is 0 Å². The Hall–Kier alpha value is -2.27. The van der Waals surface area contributed by atoms with Crippen LogP contribution in [0, 0.1) is 0 Å². The van der Waals surface area contributed by atoms with Crippen LogP contribution in [0.15, 0.2) is 54.6 Å². The first-order valence-electron chi connectivity index (χ1n) is 8.40. The predicted octanol–water partition coefficient (Wildman–Crippen LogP) is 3.35. The zero-order chi connectivity index (χ0) is 17.6. The van der Waals surface area contributed by atoms with Gasteiger partial charge >= 0.3 is 0 Å². The van der Waals surface area contributed by atoms with Crippen LogP contribution >= 0.6 is 11.8 Å². The molecule has 25 heavy (non-hydrogen) atoms. The van der Waals surface area contributed by atoms with E-state index in [9.17, 15) is 9.59 Å². The Morgan fingerprint density at radius 2 is 1.80 bits per heavy atom. The van der Waals surface area contributed by atoms with Crippen molar-refractivity contribution in [3.05, 3.63) is 71.3 Å². The highest BCUT2D eigenvalue weighted by Gasteiger charge is 2.57. The predicted molar refractivity (Wildman–Crippen MR) is 99.1 cm³/mol. The van der Waals surface area contributed by atoms with Crippen LogP contribution in [0.2, 0.25) is 0 Å². The maximum absolute atomic E-state index is 13.0. The molecule has 2 heterocycles. The first-order chi connectivity index (χ1) is 12.0. The van der Waals surface area contributed by atoms with E-state index in [0.29, 0.717) is 6.54 Å². The molecule has 2 aromatic rings. The molecule has 4 nitrogen and oxygen atoms in total. The van der Waals surface area contributed by atoms with Crippen molar-refractivity contribution in [1.29, 1.82) is 0 Å². The quantitative estimate of drug-likeness (QED) is 0.922. The average molecular weight is 352 g/mol. The molecule has 2 aromatic carbocycles. The third-order valence-corrected chi connectivity index (χ3v) is 6.39. The third-order valence-electron chi connectivity index (χ3n) is 4.85. The summed E-state index contributed by atoms with van der Waals surface area (Å²) in [6, 6.07) is 17.0. The lowest BCUT2D eigenvalue weighted by Crippen LogP contribution is -2.52. The van der Waals surface area contributed by atoms with E-state index in [1.54, 1.807) is 16.7 Å². The average Bonchev–Trinajstić information content (AvgIpc) is 3.04. The van der Waals surface area contributed by atoms with Gasteiger partial charge in [0.25, 0.3) is 5.91 Å². The summed E-state index contributed by atoms with van der Waals surface area (Å²) in [5.74, 6) is -0.136. The molecule has 1 N–H and O–H groups in total. The fourth-order valence-corrected chi connectivity index (χ4v) is 5.27. The molecular weight excluding hydrogens is 332 g/mol. The summed E-state index contributed by atoms with van der Waals surface area (Å²) in [5, 5.41) is 2.93. The molecule has 2 atom stereocenters. The molecule has 2 amide bonds. The molecule has 4 rings (SSSR count). The largest absolute Gasteiger partial charge is 0.350 e. The first kappa shape index (κ1) is 16.2. The van der Waals surface area contributed by atoms with E-state index in [1.165, 1.54) is 0 Å². The number of fused-ring (bicyclic) bond motifs is 3. The molecule has 0 unspecified atom stereocenters. The molecule has 0 aromatic heterocycles. The molecule has 2 aliphatic rings. The van der Waals surface area contributed by atoms with Crippen molar-refractivity contribution in [2.45, 2.75) is 36.6 Å². The number of carbonyl (C=O) groups is 2. The van der Waals surface area contributed by atoms with Crippen LogP contribution in [-0.4, -0.2) is 27.5 Å². The van der Waals surface area contributed by atoms with Crippen molar-refractivity contribution in [1.82, 2.24) is 10.2 Å². The topological polar surface area (TPSA) is 49.4 Å². The van der Waals surface area contributed by atoms with Crippen LogP contribution < -0.4 is 5.32 Å². The van der Waals surface area contributed by atoms with Crippen molar-refractivity contribution in [3.63, 3.8) is 0 Å². The van der Waals surface area contributed by atoms with Crippen LogP contribution in [0.3, 0.4) is 0 Å². The van der Waals surface area contributed by atoms with E-state index in [0.717, 1.165) is 16.7 Å². The summed E-state index contributed by atoms with van der Waals surface area (Å²) in [4.78, 5) is 27.6. The van der Waals surface area contributed by atoms with Crippen LogP contribution in [0.1, 0.15) is 40.7 Å². The first-order valence-corrected chi connectivity index (χ1v) is 9.28. The minimum Gasteiger partial charge on any atom is -0.350 e. The summed E-state index contributed by atoms with van der Waals surface area (Å²) < 4.78 is -0.339. The number of nitrogens with one attached hydrogen (secondary N) is 1. The molecule has 0 saturated carbocycles. The van der Waals surface area contributed by atoms with E-state index in [1.807, 2.05) is 68.4 Å². The van der Waals surface area contributed by atoms with Crippen LogP contribution in [0.5, 0.6) is 0 Å². The molecular formula is C20H20N2O2S. The van der Waals surface area contributed by atoms with E-state index in [4.69, 9.17) is 0 Å². The van der Waals surface area contributed by atoms with Gasteiger partial charge < -0.3 is 10.2 Å². The highest BCUT2D eigenvalue weighted by atomic mass is 32.2. The molecule has 0 aliphatic carbocycles. The zero-order valence-corrected chi connectivity index (χ0v) is 15.0. The number of rotatable bonds is 3. The molecule has 128 valence electrons. The Bertz CT molecular complexity index is 835. The molecule has 0 radical (unpaired) electrons. The maximum Gasteiger partial charge on any atom is 0.256 e. The van der Waals surface area contributed by atoms with Crippen LogP contribution in [0.25, 0.3) is 0 Å². The van der Waals surface area contributed by atoms with Gasteiger partial charge in [-0.2, -0.15) is 0 Å². The van der Waals surface area contributed by atoms with Crippen molar-refractivity contribution >= 4 is 23.6 Å². The fourth-order valence-electron chi connectivity index (χ4n) is 3.69. The van der Waals surface area contributed by atoms with Crippen molar-refractivity contribution in [2.75, 3.05) is 0 Å². The Balaban J connectivity index is 1.59. The third kappa shape index (κ3) is 2.63. The molecule has 2 aliphatic heterocycles. The fraction of sp³-hybridized carbons (Fsp3) is 0.300. The molecule has 0 spiro atoms. The molecule has 1 fully saturated rings. The smallest absolute Gasteiger partial charge is 0.256 e. The Labute approximate surface area is 151 Å². The number of benzene rings is 2. The lowest BCUT2D eigenvalue weighted by atomic mass is 10.0. The monoisotopic (exact) mass is 352 g/mol. The summed E-state index contributed by atoms with van der Waals surface area (Å²) in [7, 11) is 0. The number of nitrogens with zero attached hydrogens (tertiary/aromatic N) is 1. The SMILES string of the molecule is CC1(C)S[C@@H]2c3ccccc3C(=O)N2[C@@H]1C(=O)NCc1ccccc1. The van der Waals surface area contributed by atoms with Gasteiger partial charge in [-0.1, -0.05) is 48.5 Å². The van der Waals surface area contributed by atoms with Crippen LogP contribution in [-0.2, 0) is 11.3 Å². The van der Waals surface area contributed by atoms with Gasteiger partial charge in [-0.15, -0.1) is 11.8 Å². The standard InChI is InChI=1S/C20H20N2O2S/c1-20(2)16(17(23)21-12-13-8-4-3-5-9-13)22-18(24)14-10-6-7-11-15(14)19(22)25-20/h3-11,16,19H,12H2,1-2H3,(H,21,23)/t16-,19-/m1/s1. The van der Waals surface area contributed by atoms with Gasteiger partial charge in [-0.05, 0) is 31.0 Å². The molecule has 5 heteroatoms. The van der Waals surface area contributed by atoms with E-state index >= 15 is 0 Å². The lowest BCUT2D eigenvalue weighted by Gasteiger charge is -2.29. The number of amides is 2. The van der Waals surface area contributed by atoms with Gasteiger partial charge in [0, 0.05) is 16.9 Å². The van der Waals surface area contributed by atoms with Gasteiger partial charge in [0.1, 0.15) is 11.4 Å². The lowest BCUT2D eigenvalue weighted by molar-refractivity contribution is -0.126. The normalized spacial score (nSPS) is 23.3. The summed E-state index contributed by atoms with van der Waals surface area (Å²) >= 11 is 1.69. The van der Waals surface area contributed by atoms with Gasteiger partial charge in [-0.3, -0.25) is 9.59 Å². The van der Waals surface area contributed by atoms with Crippen molar-refractivity contribution in [2.24, 2.45) is 0 Å². The van der Waals surface area contributed by atoms with Gasteiger partial charge in [0.05, 0.1) is 0 Å². The Kier molecular flexibility index (Phi) is 3.84. The number of hydrogen-bond acceptors (Lipinski definition) is 3.